The van der Waals surface area contributed by atoms with Crippen molar-refractivity contribution in [3.8, 4) is 5.75 Å². The van der Waals surface area contributed by atoms with Crippen LogP contribution in [0, 0.1) is 5.82 Å². The SMILES string of the molecule is CN1C(=O)CCCCOc2cc(F)cc(c2)C[C@@H]([C@H](O)CNC2(c3cccc(C(F)(F)F)c3)CC2)NC(=O)[C@@H]1CC(N)=O. The Hall–Kier alpha value is -3.71. The lowest BCUT2D eigenvalue weighted by Crippen LogP contribution is -2.56. The van der Waals surface area contributed by atoms with Crippen LogP contribution < -0.4 is 21.1 Å². The Labute approximate surface area is 246 Å². The van der Waals surface area contributed by atoms with E-state index >= 15 is 0 Å². The van der Waals surface area contributed by atoms with Crippen LogP contribution in [-0.2, 0) is 32.5 Å². The fourth-order valence-electron chi connectivity index (χ4n) is 5.28. The van der Waals surface area contributed by atoms with Gasteiger partial charge in [-0.25, -0.2) is 4.39 Å². The summed E-state index contributed by atoms with van der Waals surface area (Å²) < 4.78 is 60.1. The lowest BCUT2D eigenvalue weighted by Gasteiger charge is -2.31. The van der Waals surface area contributed by atoms with Crippen molar-refractivity contribution in [3.05, 3.63) is 65.0 Å². The first-order chi connectivity index (χ1) is 20.3. The molecule has 5 N–H and O–H groups in total. The number of aliphatic hydroxyl groups is 1. The summed E-state index contributed by atoms with van der Waals surface area (Å²) >= 11 is 0. The highest BCUT2D eigenvalue weighted by molar-refractivity contribution is 5.91. The molecule has 1 heterocycles. The minimum atomic E-state index is -4.51. The number of benzene rings is 2. The Morgan fingerprint density at radius 3 is 2.63 bits per heavy atom. The molecule has 0 aromatic heterocycles. The summed E-state index contributed by atoms with van der Waals surface area (Å²) in [5, 5.41) is 17.2. The maximum atomic E-state index is 14.5. The maximum Gasteiger partial charge on any atom is 0.416 e. The summed E-state index contributed by atoms with van der Waals surface area (Å²) in [4.78, 5) is 39.2. The van der Waals surface area contributed by atoms with E-state index in [4.69, 9.17) is 10.5 Å². The summed E-state index contributed by atoms with van der Waals surface area (Å²) in [6, 6.07) is 6.72. The Bertz CT molecular complexity index is 1330. The standard InChI is InChI=1S/C30H36F4N4O5/c1-38-24(16-26(35)40)28(42)37-23(13-18-11-21(31)15-22(12-18)43-10-3-2-7-27(38)41)25(39)17-36-29(8-9-29)19-5-4-6-20(14-19)30(32,33)34/h4-6,11-12,14-15,23-25,36,39H,2-3,7-10,13,16-17H2,1H3,(H2,35,40)(H,37,42)/t23-,24-,25+/m0/s1. The first-order valence-electron chi connectivity index (χ1n) is 14.1. The van der Waals surface area contributed by atoms with Crippen LogP contribution in [-0.4, -0.2) is 66.1 Å². The van der Waals surface area contributed by atoms with E-state index in [0.717, 1.165) is 17.0 Å². The van der Waals surface area contributed by atoms with Crippen molar-refractivity contribution in [2.45, 2.75) is 74.8 Å². The lowest BCUT2D eigenvalue weighted by atomic mass is 9.98. The number of carbonyl (C=O) groups excluding carboxylic acids is 3. The molecule has 2 aromatic carbocycles. The molecule has 1 aliphatic heterocycles. The lowest BCUT2D eigenvalue weighted by molar-refractivity contribution is -0.141. The summed E-state index contributed by atoms with van der Waals surface area (Å²) in [7, 11) is 1.39. The predicted octanol–water partition coefficient (Wildman–Crippen LogP) is 2.78. The van der Waals surface area contributed by atoms with E-state index in [1.54, 1.807) is 12.1 Å². The molecule has 13 heteroatoms. The predicted molar refractivity (Wildman–Crippen MR) is 148 cm³/mol. The summed E-state index contributed by atoms with van der Waals surface area (Å²) in [6.07, 6.45) is -4.26. The molecule has 2 aliphatic rings. The van der Waals surface area contributed by atoms with Crippen LogP contribution >= 0.6 is 0 Å². The number of aliphatic hydroxyl groups excluding tert-OH is 1. The molecule has 1 fully saturated rings. The number of nitrogens with zero attached hydrogens (tertiary/aromatic N) is 1. The van der Waals surface area contributed by atoms with Crippen LogP contribution in [0.3, 0.4) is 0 Å². The normalized spacial score (nSPS) is 22.0. The topological polar surface area (TPSA) is 134 Å². The van der Waals surface area contributed by atoms with Gasteiger partial charge in [0.15, 0.2) is 0 Å². The number of amides is 3. The molecule has 4 rings (SSSR count). The Morgan fingerprint density at radius 1 is 1.21 bits per heavy atom. The third-order valence-corrected chi connectivity index (χ3v) is 7.93. The Balaban J connectivity index is 1.59. The van der Waals surface area contributed by atoms with Gasteiger partial charge in [-0.1, -0.05) is 12.1 Å². The van der Waals surface area contributed by atoms with E-state index in [1.165, 1.54) is 25.2 Å². The number of rotatable bonds is 7. The summed E-state index contributed by atoms with van der Waals surface area (Å²) in [6.45, 7) is 0.0878. The molecule has 234 valence electrons. The first-order valence-corrected chi connectivity index (χ1v) is 14.1. The van der Waals surface area contributed by atoms with Gasteiger partial charge in [0.25, 0.3) is 0 Å². The highest BCUT2D eigenvalue weighted by Crippen LogP contribution is 2.46. The van der Waals surface area contributed by atoms with Gasteiger partial charge >= 0.3 is 6.18 Å². The van der Waals surface area contributed by atoms with Crippen molar-refractivity contribution in [1.82, 2.24) is 15.5 Å². The zero-order valence-corrected chi connectivity index (χ0v) is 23.8. The second-order valence-electron chi connectivity index (χ2n) is 11.2. The molecule has 0 unspecified atom stereocenters. The number of primary amides is 1. The highest BCUT2D eigenvalue weighted by Gasteiger charge is 2.45. The highest BCUT2D eigenvalue weighted by atomic mass is 19.4. The van der Waals surface area contributed by atoms with Gasteiger partial charge in [-0.15, -0.1) is 0 Å². The summed E-state index contributed by atoms with van der Waals surface area (Å²) in [5.74, 6) is -2.27. The van der Waals surface area contributed by atoms with E-state index < -0.39 is 65.4 Å². The van der Waals surface area contributed by atoms with Gasteiger partial charge < -0.3 is 31.1 Å². The average molecular weight is 609 g/mol. The monoisotopic (exact) mass is 608 g/mol. The molecule has 1 aliphatic carbocycles. The van der Waals surface area contributed by atoms with Crippen molar-refractivity contribution in [2.24, 2.45) is 5.73 Å². The molecule has 0 radical (unpaired) electrons. The van der Waals surface area contributed by atoms with Gasteiger partial charge in [0.2, 0.25) is 17.7 Å². The van der Waals surface area contributed by atoms with Crippen molar-refractivity contribution in [3.63, 3.8) is 0 Å². The van der Waals surface area contributed by atoms with Crippen LogP contribution in [0.1, 0.15) is 55.2 Å². The van der Waals surface area contributed by atoms with Crippen LogP contribution in [0.15, 0.2) is 42.5 Å². The zero-order chi connectivity index (χ0) is 31.4. The third kappa shape index (κ3) is 8.44. The van der Waals surface area contributed by atoms with Gasteiger partial charge in [-0.05, 0) is 67.5 Å². The number of nitrogens with two attached hydrogens (primary N) is 1. The molecule has 3 atom stereocenters. The maximum absolute atomic E-state index is 14.5. The molecule has 43 heavy (non-hydrogen) atoms. The fraction of sp³-hybridized carbons (Fsp3) is 0.500. The smallest absolute Gasteiger partial charge is 0.416 e. The van der Waals surface area contributed by atoms with Crippen LogP contribution in [0.25, 0.3) is 0 Å². The molecule has 2 bridgehead atoms. The molecule has 0 spiro atoms. The van der Waals surface area contributed by atoms with Crippen molar-refractivity contribution in [2.75, 3.05) is 20.2 Å². The minimum absolute atomic E-state index is 0.0553. The summed E-state index contributed by atoms with van der Waals surface area (Å²) in [5.41, 5.74) is 4.64. The molecule has 9 nitrogen and oxygen atoms in total. The fourth-order valence-corrected chi connectivity index (χ4v) is 5.28. The van der Waals surface area contributed by atoms with E-state index in [-0.39, 0.29) is 31.7 Å². The second kappa shape index (κ2) is 13.3. The number of ether oxygens (including phenoxy) is 1. The quantitative estimate of drug-likeness (QED) is 0.358. The zero-order valence-electron chi connectivity index (χ0n) is 23.8. The van der Waals surface area contributed by atoms with Gasteiger partial charge in [0.1, 0.15) is 17.6 Å². The first kappa shape index (κ1) is 32.2. The van der Waals surface area contributed by atoms with E-state index in [0.29, 0.717) is 36.8 Å². The average Bonchev–Trinajstić information content (AvgIpc) is 3.73. The number of carbonyl (C=O) groups is 3. The number of hydrogen-bond acceptors (Lipinski definition) is 6. The van der Waals surface area contributed by atoms with E-state index in [1.807, 2.05) is 0 Å². The largest absolute Gasteiger partial charge is 0.493 e. The number of fused-ring (bicyclic) bond motifs is 2. The second-order valence-corrected chi connectivity index (χ2v) is 11.2. The molecular weight excluding hydrogens is 572 g/mol. The number of nitrogens with one attached hydrogen (secondary N) is 2. The Kier molecular flexibility index (Phi) is 9.96. The van der Waals surface area contributed by atoms with Crippen molar-refractivity contribution in [1.29, 1.82) is 0 Å². The van der Waals surface area contributed by atoms with E-state index in [9.17, 15) is 37.1 Å². The van der Waals surface area contributed by atoms with Crippen molar-refractivity contribution >= 4 is 17.7 Å². The molecule has 2 aromatic rings. The number of alkyl halides is 3. The van der Waals surface area contributed by atoms with Crippen LogP contribution in [0.4, 0.5) is 17.6 Å². The van der Waals surface area contributed by atoms with Gasteiger partial charge in [0.05, 0.1) is 30.7 Å². The van der Waals surface area contributed by atoms with Crippen LogP contribution in [0.5, 0.6) is 5.75 Å². The van der Waals surface area contributed by atoms with Gasteiger partial charge in [-0.2, -0.15) is 13.2 Å². The number of halogens is 4. The van der Waals surface area contributed by atoms with Crippen molar-refractivity contribution < 1.29 is 41.8 Å². The molecule has 1 saturated carbocycles. The third-order valence-electron chi connectivity index (χ3n) is 7.93. The number of likely N-dealkylation sites (N-methyl/N-ethyl adjacent to an activating group) is 1. The molecule has 3 amide bonds. The van der Waals surface area contributed by atoms with E-state index in [2.05, 4.69) is 10.6 Å². The van der Waals surface area contributed by atoms with Gasteiger partial charge in [-0.3, -0.25) is 14.4 Å². The molecule has 0 saturated heterocycles. The van der Waals surface area contributed by atoms with Gasteiger partial charge in [0, 0.05) is 31.6 Å². The molecular formula is C30H36F4N4O5. The minimum Gasteiger partial charge on any atom is -0.493 e. The van der Waals surface area contributed by atoms with Crippen LogP contribution in [0.2, 0.25) is 0 Å². The number of hydrogen-bond donors (Lipinski definition) is 4. The Morgan fingerprint density at radius 2 is 1.95 bits per heavy atom.